The van der Waals surface area contributed by atoms with Gasteiger partial charge in [-0.15, -0.1) is 0 Å². The standard InChI is InChI=1S/C5H7.W.2H/c1-2-4-5-3-1;;;/h1H,2,4-5H2;;;/q;;2*-1. The first-order valence-corrected chi connectivity index (χ1v) is 3.72. The van der Waals surface area contributed by atoms with E-state index in [4.69, 9.17) is 0 Å². The van der Waals surface area contributed by atoms with Crippen LogP contribution in [0.15, 0.2) is 10.0 Å². The molecule has 0 aliphatic heterocycles. The van der Waals surface area contributed by atoms with Crippen LogP contribution in [0.2, 0.25) is 0 Å². The molecular weight excluding hydrogens is 244 g/mol. The van der Waals surface area contributed by atoms with Crippen molar-refractivity contribution >= 4 is 0 Å². The zero-order chi connectivity index (χ0) is 4.41. The summed E-state index contributed by atoms with van der Waals surface area (Å²) in [5, 5.41) is 0. The zero-order valence-corrected chi connectivity index (χ0v) is 6.54. The summed E-state index contributed by atoms with van der Waals surface area (Å²) < 4.78 is 1.66. The van der Waals surface area contributed by atoms with Crippen LogP contribution in [0.1, 0.15) is 22.1 Å². The topological polar surface area (TPSA) is 0 Å². The van der Waals surface area contributed by atoms with Crippen molar-refractivity contribution in [1.29, 1.82) is 0 Å². The number of allylic oxidation sites excluding steroid dienone is 2. The van der Waals surface area contributed by atoms with E-state index in [1.165, 1.54) is 19.3 Å². The van der Waals surface area contributed by atoms with Crippen molar-refractivity contribution in [3.8, 4) is 0 Å². The fraction of sp³-hybridized carbons (Fsp3) is 0.600. The molecule has 1 aliphatic carbocycles. The van der Waals surface area contributed by atoms with Crippen LogP contribution in [0.4, 0.5) is 0 Å². The Balaban J connectivity index is 0. The van der Waals surface area contributed by atoms with Gasteiger partial charge in [0.25, 0.3) is 0 Å². The molecule has 0 heterocycles. The average molecular weight is 253 g/mol. The SMILES string of the molecule is [H-].[H-].[W][C]1=CCCC1. The van der Waals surface area contributed by atoms with Gasteiger partial charge in [-0.05, 0) is 0 Å². The number of rotatable bonds is 0. The molecule has 1 aliphatic rings. The molecule has 0 N–H and O–H groups in total. The van der Waals surface area contributed by atoms with Crippen molar-refractivity contribution in [2.24, 2.45) is 0 Å². The zero-order valence-electron chi connectivity index (χ0n) is 5.61. The molecule has 0 saturated carbocycles. The molecule has 0 aromatic carbocycles. The van der Waals surface area contributed by atoms with Crippen LogP contribution in [-0.4, -0.2) is 0 Å². The Morgan fingerprint density at radius 1 is 1.83 bits per heavy atom. The van der Waals surface area contributed by atoms with Gasteiger partial charge in [-0.25, -0.2) is 0 Å². The molecule has 0 radical (unpaired) electrons. The van der Waals surface area contributed by atoms with Crippen LogP contribution >= 0.6 is 0 Å². The number of hydrogen-bond acceptors (Lipinski definition) is 0. The predicted octanol–water partition coefficient (Wildman–Crippen LogP) is 1.83. The first kappa shape index (κ1) is 4.58. The second-order valence-electron chi connectivity index (χ2n) is 1.56. The third-order valence-electron chi connectivity index (χ3n) is 0.999. The maximum absolute atomic E-state index is 2.36. The van der Waals surface area contributed by atoms with Crippen molar-refractivity contribution in [3.63, 3.8) is 0 Å². The minimum absolute atomic E-state index is 0. The third kappa shape index (κ3) is 0.943. The monoisotopic (exact) mass is 253 g/mol. The first-order chi connectivity index (χ1) is 2.89. The summed E-state index contributed by atoms with van der Waals surface area (Å²) in [6.07, 6.45) is 6.50. The minimum atomic E-state index is 0. The molecule has 0 atom stereocenters. The molecule has 1 rings (SSSR count). The number of hydrogen-bond donors (Lipinski definition) is 0. The summed E-state index contributed by atoms with van der Waals surface area (Å²) in [5.74, 6) is 0. The second kappa shape index (κ2) is 1.93. The molecule has 0 bridgehead atoms. The average Bonchev–Trinajstić information content (AvgIpc) is 1.86. The Hall–Kier alpha value is 0.428. The van der Waals surface area contributed by atoms with Gasteiger partial charge in [0.15, 0.2) is 0 Å². The first-order valence-electron chi connectivity index (χ1n) is 2.25. The van der Waals surface area contributed by atoms with Crippen LogP contribution in [-0.2, 0) is 19.8 Å². The van der Waals surface area contributed by atoms with Crippen molar-refractivity contribution in [1.82, 2.24) is 0 Å². The van der Waals surface area contributed by atoms with Gasteiger partial charge in [0.05, 0.1) is 0 Å². The van der Waals surface area contributed by atoms with E-state index in [-0.39, 0.29) is 2.85 Å². The second-order valence-corrected chi connectivity index (χ2v) is 3.45. The molecule has 1 heteroatoms. The molecule has 0 aromatic heterocycles. The van der Waals surface area contributed by atoms with Gasteiger partial charge in [0, 0.05) is 0 Å². The van der Waals surface area contributed by atoms with E-state index >= 15 is 0 Å². The van der Waals surface area contributed by atoms with Crippen LogP contribution < -0.4 is 0 Å². The van der Waals surface area contributed by atoms with Crippen LogP contribution in [0.5, 0.6) is 0 Å². The van der Waals surface area contributed by atoms with Crippen molar-refractivity contribution < 1.29 is 22.7 Å². The van der Waals surface area contributed by atoms with E-state index in [1.54, 1.807) is 23.8 Å². The Morgan fingerprint density at radius 2 is 2.67 bits per heavy atom. The van der Waals surface area contributed by atoms with Gasteiger partial charge in [-0.1, -0.05) is 0 Å². The summed E-state index contributed by atoms with van der Waals surface area (Å²) in [5.41, 5.74) is 0. The van der Waals surface area contributed by atoms with E-state index in [0.717, 1.165) is 0 Å². The fourth-order valence-electron chi connectivity index (χ4n) is 0.641. The third-order valence-corrected chi connectivity index (χ3v) is 2.33. The molecule has 37 valence electrons. The molecule has 0 nitrogen and oxygen atoms in total. The Bertz CT molecular complexity index is 80.5. The molecule has 0 aromatic rings. The fourth-order valence-corrected chi connectivity index (χ4v) is 1.58. The quantitative estimate of drug-likeness (QED) is 0.617. The van der Waals surface area contributed by atoms with Crippen molar-refractivity contribution in [2.45, 2.75) is 19.3 Å². The van der Waals surface area contributed by atoms with Crippen LogP contribution in [0.25, 0.3) is 0 Å². The van der Waals surface area contributed by atoms with Gasteiger partial charge in [0.2, 0.25) is 0 Å². The van der Waals surface area contributed by atoms with E-state index < -0.39 is 0 Å². The molecule has 0 unspecified atom stereocenters. The van der Waals surface area contributed by atoms with E-state index in [9.17, 15) is 0 Å². The van der Waals surface area contributed by atoms with Crippen molar-refractivity contribution in [2.75, 3.05) is 0 Å². The summed E-state index contributed by atoms with van der Waals surface area (Å²) in [7, 11) is 0. The maximum atomic E-state index is 2.36. The van der Waals surface area contributed by atoms with Gasteiger partial charge < -0.3 is 2.85 Å². The Kier molecular flexibility index (Phi) is 1.47. The Morgan fingerprint density at radius 3 is 2.83 bits per heavy atom. The molecular formula is C5H9W-2. The molecule has 6 heavy (non-hydrogen) atoms. The molecule has 0 fully saturated rings. The van der Waals surface area contributed by atoms with Crippen LogP contribution in [0.3, 0.4) is 0 Å². The molecule has 0 saturated heterocycles. The summed E-state index contributed by atoms with van der Waals surface area (Å²) in [6, 6.07) is 0. The molecule has 0 spiro atoms. The van der Waals surface area contributed by atoms with Crippen LogP contribution in [0, 0.1) is 0 Å². The van der Waals surface area contributed by atoms with E-state index in [1.807, 2.05) is 0 Å². The summed E-state index contributed by atoms with van der Waals surface area (Å²) in [4.78, 5) is 0. The van der Waals surface area contributed by atoms with Gasteiger partial charge >= 0.3 is 49.1 Å². The van der Waals surface area contributed by atoms with Crippen molar-refractivity contribution in [3.05, 3.63) is 10.0 Å². The summed E-state index contributed by atoms with van der Waals surface area (Å²) in [6.45, 7) is 0. The predicted molar refractivity (Wildman–Crippen MR) is 24.2 cm³/mol. The molecule has 0 amide bonds. The van der Waals surface area contributed by atoms with E-state index in [2.05, 4.69) is 6.08 Å². The van der Waals surface area contributed by atoms with Gasteiger partial charge in [-0.3, -0.25) is 0 Å². The summed E-state index contributed by atoms with van der Waals surface area (Å²) >= 11 is 1.67. The normalized spacial score (nSPS) is 21.0. The van der Waals surface area contributed by atoms with Gasteiger partial charge in [-0.2, -0.15) is 0 Å². The van der Waals surface area contributed by atoms with Gasteiger partial charge in [0.1, 0.15) is 0 Å². The van der Waals surface area contributed by atoms with E-state index in [0.29, 0.717) is 0 Å². The Labute approximate surface area is 52.5 Å².